The molecule has 0 amide bonds. The monoisotopic (exact) mass is 273 g/mol. The van der Waals surface area contributed by atoms with Gasteiger partial charge in [-0.05, 0) is 25.0 Å². The first-order valence-electron chi connectivity index (χ1n) is 7.45. The number of fused-ring (bicyclic) bond motifs is 5. The van der Waals surface area contributed by atoms with Gasteiger partial charge < -0.3 is 14.8 Å². The Balaban J connectivity index is 1.72. The second kappa shape index (κ2) is 4.48. The Hall–Kier alpha value is -1.55. The zero-order valence-electron chi connectivity index (χ0n) is 11.5. The minimum absolute atomic E-state index is 0.0687. The molecule has 3 aliphatic rings. The average Bonchev–Trinajstić information content (AvgIpc) is 3.07. The fourth-order valence-electron chi connectivity index (χ4n) is 4.28. The van der Waals surface area contributed by atoms with Crippen LogP contribution in [0.25, 0.3) is 0 Å². The second-order valence-corrected chi connectivity index (χ2v) is 5.85. The molecule has 1 N–H and O–H groups in total. The standard InChI is InChI=1S/C16H19NO3/c1-2-19-16(18)13-10-7-8-20-15(10)12-9-5-3-4-6-11(9)17-14(12)13/h3-6,10,12-15,17H,2,7-8H2,1H3/t10-,12-,13-,14+,15+/m0/s1. The van der Waals surface area contributed by atoms with Gasteiger partial charge in [-0.3, -0.25) is 4.79 Å². The molecule has 2 heterocycles. The van der Waals surface area contributed by atoms with Crippen molar-refractivity contribution >= 4 is 11.7 Å². The number of carbonyl (C=O) groups is 1. The zero-order valence-corrected chi connectivity index (χ0v) is 11.5. The van der Waals surface area contributed by atoms with Crippen molar-refractivity contribution in [1.29, 1.82) is 0 Å². The van der Waals surface area contributed by atoms with Gasteiger partial charge in [0.2, 0.25) is 0 Å². The number of hydrogen-bond acceptors (Lipinski definition) is 4. The molecule has 0 unspecified atom stereocenters. The molecule has 1 saturated heterocycles. The lowest BCUT2D eigenvalue weighted by Gasteiger charge is -2.21. The molecule has 0 radical (unpaired) electrons. The highest BCUT2D eigenvalue weighted by Crippen LogP contribution is 2.55. The Morgan fingerprint density at radius 1 is 1.45 bits per heavy atom. The van der Waals surface area contributed by atoms with Gasteiger partial charge in [0.05, 0.1) is 18.6 Å². The molecule has 1 aromatic rings. The average molecular weight is 273 g/mol. The van der Waals surface area contributed by atoms with Crippen molar-refractivity contribution < 1.29 is 14.3 Å². The van der Waals surface area contributed by atoms with Crippen molar-refractivity contribution in [1.82, 2.24) is 0 Å². The molecular formula is C16H19NO3. The first kappa shape index (κ1) is 12.2. The maximum atomic E-state index is 12.4. The highest BCUT2D eigenvalue weighted by molar-refractivity contribution is 5.78. The van der Waals surface area contributed by atoms with Crippen LogP contribution in [0.5, 0.6) is 0 Å². The molecule has 5 atom stereocenters. The van der Waals surface area contributed by atoms with Crippen LogP contribution in [0.1, 0.15) is 24.8 Å². The van der Waals surface area contributed by atoms with Crippen LogP contribution in [-0.4, -0.2) is 31.3 Å². The number of ether oxygens (including phenoxy) is 2. The van der Waals surface area contributed by atoms with Gasteiger partial charge in [-0.25, -0.2) is 0 Å². The molecule has 1 saturated carbocycles. The van der Waals surface area contributed by atoms with Gasteiger partial charge in [-0.2, -0.15) is 0 Å². The SMILES string of the molecule is CCOC(=O)[C@H]1[C@@H]2CCO[C@H]2[C@H]2c3ccccc3N[C@@H]12. The molecule has 1 aliphatic carbocycles. The fourth-order valence-corrected chi connectivity index (χ4v) is 4.28. The van der Waals surface area contributed by atoms with Crippen molar-refractivity contribution in [2.45, 2.75) is 31.4 Å². The number of rotatable bonds is 2. The van der Waals surface area contributed by atoms with Crippen LogP contribution in [-0.2, 0) is 14.3 Å². The smallest absolute Gasteiger partial charge is 0.311 e. The molecule has 20 heavy (non-hydrogen) atoms. The molecule has 4 nitrogen and oxygen atoms in total. The van der Waals surface area contributed by atoms with E-state index in [1.165, 1.54) is 5.56 Å². The van der Waals surface area contributed by atoms with E-state index in [-0.39, 0.29) is 30.0 Å². The van der Waals surface area contributed by atoms with Gasteiger partial charge in [0, 0.05) is 30.2 Å². The molecule has 0 bridgehead atoms. The van der Waals surface area contributed by atoms with E-state index in [9.17, 15) is 4.79 Å². The Morgan fingerprint density at radius 2 is 2.30 bits per heavy atom. The Bertz CT molecular complexity index is 544. The summed E-state index contributed by atoms with van der Waals surface area (Å²) in [7, 11) is 0. The predicted octanol–water partition coefficient (Wildman–Crippen LogP) is 2.16. The second-order valence-electron chi connectivity index (χ2n) is 5.85. The summed E-state index contributed by atoms with van der Waals surface area (Å²) in [5.41, 5.74) is 2.44. The van der Waals surface area contributed by atoms with Crippen molar-refractivity contribution in [2.24, 2.45) is 11.8 Å². The molecule has 0 aromatic heterocycles. The molecule has 1 aromatic carbocycles. The first-order chi connectivity index (χ1) is 9.81. The van der Waals surface area contributed by atoms with Crippen molar-refractivity contribution in [2.75, 3.05) is 18.5 Å². The minimum Gasteiger partial charge on any atom is -0.466 e. The van der Waals surface area contributed by atoms with E-state index in [0.29, 0.717) is 12.5 Å². The molecule has 0 spiro atoms. The van der Waals surface area contributed by atoms with E-state index < -0.39 is 0 Å². The van der Waals surface area contributed by atoms with Crippen LogP contribution in [0, 0.1) is 11.8 Å². The lowest BCUT2D eigenvalue weighted by atomic mass is 9.91. The van der Waals surface area contributed by atoms with E-state index in [1.807, 2.05) is 13.0 Å². The summed E-state index contributed by atoms with van der Waals surface area (Å²) in [5.74, 6) is 0.429. The maximum absolute atomic E-state index is 12.4. The van der Waals surface area contributed by atoms with Gasteiger partial charge in [-0.1, -0.05) is 18.2 Å². The zero-order chi connectivity index (χ0) is 13.7. The van der Waals surface area contributed by atoms with Gasteiger partial charge in [0.25, 0.3) is 0 Å². The molecule has 4 heteroatoms. The lowest BCUT2D eigenvalue weighted by Crippen LogP contribution is -2.34. The van der Waals surface area contributed by atoms with E-state index >= 15 is 0 Å². The van der Waals surface area contributed by atoms with Gasteiger partial charge >= 0.3 is 5.97 Å². The summed E-state index contributed by atoms with van der Waals surface area (Å²) < 4.78 is 11.3. The minimum atomic E-state index is -0.0835. The molecular weight excluding hydrogens is 254 g/mol. The summed E-state index contributed by atoms with van der Waals surface area (Å²) in [4.78, 5) is 12.4. The summed E-state index contributed by atoms with van der Waals surface area (Å²) >= 11 is 0. The third-order valence-corrected chi connectivity index (χ3v) is 4.97. The van der Waals surface area contributed by atoms with Crippen LogP contribution in [0.4, 0.5) is 5.69 Å². The van der Waals surface area contributed by atoms with Crippen molar-refractivity contribution in [3.63, 3.8) is 0 Å². The maximum Gasteiger partial charge on any atom is 0.311 e. The highest BCUT2D eigenvalue weighted by Gasteiger charge is 2.59. The highest BCUT2D eigenvalue weighted by atomic mass is 16.5. The molecule has 4 rings (SSSR count). The van der Waals surface area contributed by atoms with Gasteiger partial charge in [-0.15, -0.1) is 0 Å². The molecule has 106 valence electrons. The number of anilines is 1. The first-order valence-corrected chi connectivity index (χ1v) is 7.45. The Labute approximate surface area is 118 Å². The van der Waals surface area contributed by atoms with Crippen LogP contribution in [0.3, 0.4) is 0 Å². The van der Waals surface area contributed by atoms with E-state index in [0.717, 1.165) is 18.7 Å². The van der Waals surface area contributed by atoms with E-state index in [2.05, 4.69) is 23.5 Å². The summed E-state index contributed by atoms with van der Waals surface area (Å²) in [6.07, 6.45) is 1.12. The summed E-state index contributed by atoms with van der Waals surface area (Å²) in [6, 6.07) is 8.45. The van der Waals surface area contributed by atoms with Crippen molar-refractivity contribution in [3.05, 3.63) is 29.8 Å². The van der Waals surface area contributed by atoms with E-state index in [4.69, 9.17) is 9.47 Å². The van der Waals surface area contributed by atoms with Crippen molar-refractivity contribution in [3.8, 4) is 0 Å². The van der Waals surface area contributed by atoms with E-state index in [1.54, 1.807) is 0 Å². The number of carbonyl (C=O) groups excluding carboxylic acids is 1. The number of para-hydroxylation sites is 1. The third kappa shape index (κ3) is 1.54. The normalized spacial score (nSPS) is 37.0. The number of benzene rings is 1. The lowest BCUT2D eigenvalue weighted by molar-refractivity contribution is -0.149. The quantitative estimate of drug-likeness (QED) is 0.839. The van der Waals surface area contributed by atoms with Gasteiger partial charge in [0.1, 0.15) is 0 Å². The number of esters is 1. The van der Waals surface area contributed by atoms with Gasteiger partial charge in [0.15, 0.2) is 0 Å². The molecule has 2 fully saturated rings. The predicted molar refractivity (Wildman–Crippen MR) is 74.6 cm³/mol. The summed E-state index contributed by atoms with van der Waals surface area (Å²) in [6.45, 7) is 3.07. The third-order valence-electron chi connectivity index (χ3n) is 4.97. The van der Waals surface area contributed by atoms with Crippen LogP contribution in [0.2, 0.25) is 0 Å². The largest absolute Gasteiger partial charge is 0.466 e. The van der Waals surface area contributed by atoms with Crippen LogP contribution in [0.15, 0.2) is 24.3 Å². The number of hydrogen-bond donors (Lipinski definition) is 1. The van der Waals surface area contributed by atoms with Crippen LogP contribution >= 0.6 is 0 Å². The summed E-state index contributed by atoms with van der Waals surface area (Å²) in [5, 5.41) is 3.53. The fraction of sp³-hybridized carbons (Fsp3) is 0.562. The molecule has 2 aliphatic heterocycles. The number of nitrogens with one attached hydrogen (secondary N) is 1. The Morgan fingerprint density at radius 3 is 3.15 bits per heavy atom. The van der Waals surface area contributed by atoms with Crippen LogP contribution < -0.4 is 5.32 Å². The Kier molecular flexibility index (Phi) is 2.74. The topological polar surface area (TPSA) is 47.6 Å².